The highest BCUT2D eigenvalue weighted by Crippen LogP contribution is 2.58. The topological polar surface area (TPSA) is 0 Å². The monoisotopic (exact) mass is 228 g/mol. The van der Waals surface area contributed by atoms with E-state index in [1.54, 1.807) is 5.56 Å². The Labute approximate surface area is 105 Å². The maximum absolute atomic E-state index is 2.50. The molecule has 2 fully saturated rings. The molecule has 17 heavy (non-hydrogen) atoms. The highest BCUT2D eigenvalue weighted by Gasteiger charge is 2.50. The highest BCUT2D eigenvalue weighted by molar-refractivity contribution is 5.21. The maximum Gasteiger partial charge on any atom is -0.0159 e. The first-order valence-corrected chi connectivity index (χ1v) is 7.23. The molecular weight excluding hydrogens is 204 g/mol. The number of rotatable bonds is 2. The van der Waals surface area contributed by atoms with Gasteiger partial charge in [0.15, 0.2) is 0 Å². The fraction of sp³-hybridized carbons (Fsp3) is 0.647. The molecule has 1 aromatic rings. The van der Waals surface area contributed by atoms with Gasteiger partial charge in [-0.3, -0.25) is 0 Å². The van der Waals surface area contributed by atoms with Crippen LogP contribution in [0, 0.1) is 29.6 Å². The van der Waals surface area contributed by atoms with Crippen LogP contribution in [0.5, 0.6) is 0 Å². The van der Waals surface area contributed by atoms with Crippen molar-refractivity contribution in [2.45, 2.75) is 39.5 Å². The van der Waals surface area contributed by atoms with Crippen LogP contribution in [0.2, 0.25) is 0 Å². The van der Waals surface area contributed by atoms with Gasteiger partial charge in [0, 0.05) is 0 Å². The van der Waals surface area contributed by atoms with Crippen molar-refractivity contribution in [3.8, 4) is 0 Å². The van der Waals surface area contributed by atoms with Gasteiger partial charge in [0.25, 0.3) is 0 Å². The molecule has 0 nitrogen and oxygen atoms in total. The van der Waals surface area contributed by atoms with Crippen LogP contribution in [0.1, 0.15) is 45.1 Å². The van der Waals surface area contributed by atoms with Crippen molar-refractivity contribution in [3.63, 3.8) is 0 Å². The predicted octanol–water partition coefficient (Wildman–Crippen LogP) is 4.72. The van der Waals surface area contributed by atoms with E-state index in [0.29, 0.717) is 0 Å². The van der Waals surface area contributed by atoms with Crippen molar-refractivity contribution in [1.29, 1.82) is 0 Å². The third kappa shape index (κ3) is 1.73. The molecule has 1 aromatic carbocycles. The van der Waals surface area contributed by atoms with E-state index in [1.807, 2.05) is 0 Å². The SMILES string of the molecule is CC1CC2C[C@H]([C@@H](C)c3ccccc3)C1[C@@H]2C. The average Bonchev–Trinajstić information content (AvgIpc) is 2.81. The zero-order chi connectivity index (χ0) is 12.0. The number of fused-ring (bicyclic) bond motifs is 2. The second-order valence-corrected chi connectivity index (χ2v) is 6.51. The van der Waals surface area contributed by atoms with Crippen molar-refractivity contribution >= 4 is 0 Å². The molecule has 0 saturated heterocycles. The van der Waals surface area contributed by atoms with E-state index in [9.17, 15) is 0 Å². The lowest BCUT2D eigenvalue weighted by atomic mass is 9.73. The lowest BCUT2D eigenvalue weighted by molar-refractivity contribution is 0.215. The lowest BCUT2D eigenvalue weighted by Gasteiger charge is -2.32. The van der Waals surface area contributed by atoms with E-state index in [-0.39, 0.29) is 0 Å². The summed E-state index contributed by atoms with van der Waals surface area (Å²) >= 11 is 0. The predicted molar refractivity (Wildman–Crippen MR) is 72.9 cm³/mol. The Balaban J connectivity index is 1.82. The van der Waals surface area contributed by atoms with Crippen LogP contribution in [0.3, 0.4) is 0 Å². The molecule has 0 radical (unpaired) electrons. The van der Waals surface area contributed by atoms with Crippen LogP contribution in [0.25, 0.3) is 0 Å². The summed E-state index contributed by atoms with van der Waals surface area (Å²) in [6.45, 7) is 7.42. The zero-order valence-electron chi connectivity index (χ0n) is 11.3. The molecule has 92 valence electrons. The van der Waals surface area contributed by atoms with Crippen molar-refractivity contribution < 1.29 is 0 Å². The first kappa shape index (κ1) is 11.3. The van der Waals surface area contributed by atoms with E-state index in [1.165, 1.54) is 12.8 Å². The quantitative estimate of drug-likeness (QED) is 0.687. The molecule has 0 aromatic heterocycles. The molecule has 2 saturated carbocycles. The molecule has 0 aliphatic heterocycles. The van der Waals surface area contributed by atoms with Crippen molar-refractivity contribution in [3.05, 3.63) is 35.9 Å². The molecule has 0 heteroatoms. The lowest BCUT2D eigenvalue weighted by Crippen LogP contribution is -2.23. The minimum absolute atomic E-state index is 0.747. The van der Waals surface area contributed by atoms with Gasteiger partial charge in [0.05, 0.1) is 0 Å². The summed E-state index contributed by atoms with van der Waals surface area (Å²) < 4.78 is 0. The van der Waals surface area contributed by atoms with Crippen LogP contribution >= 0.6 is 0 Å². The van der Waals surface area contributed by atoms with Crippen LogP contribution in [-0.2, 0) is 0 Å². The summed E-state index contributed by atoms with van der Waals surface area (Å²) in [5.74, 6) is 5.61. The Morgan fingerprint density at radius 1 is 1.06 bits per heavy atom. The number of hydrogen-bond acceptors (Lipinski definition) is 0. The molecular formula is C17H24. The highest BCUT2D eigenvalue weighted by atomic mass is 14.6. The van der Waals surface area contributed by atoms with Gasteiger partial charge in [-0.2, -0.15) is 0 Å². The average molecular weight is 228 g/mol. The summed E-state index contributed by atoms with van der Waals surface area (Å²) in [5.41, 5.74) is 1.55. The summed E-state index contributed by atoms with van der Waals surface area (Å²) in [7, 11) is 0. The fourth-order valence-corrected chi connectivity index (χ4v) is 4.85. The molecule has 0 heterocycles. The Morgan fingerprint density at radius 3 is 2.35 bits per heavy atom. The van der Waals surface area contributed by atoms with Gasteiger partial charge in [-0.1, -0.05) is 51.1 Å². The first-order valence-electron chi connectivity index (χ1n) is 7.23. The van der Waals surface area contributed by atoms with Crippen molar-refractivity contribution in [2.75, 3.05) is 0 Å². The first-order chi connectivity index (χ1) is 8.18. The molecule has 2 aliphatic rings. The Kier molecular flexibility index (Phi) is 2.77. The van der Waals surface area contributed by atoms with Gasteiger partial charge in [-0.05, 0) is 53.9 Å². The van der Waals surface area contributed by atoms with Crippen LogP contribution in [-0.4, -0.2) is 0 Å². The van der Waals surface area contributed by atoms with Crippen LogP contribution < -0.4 is 0 Å². The van der Waals surface area contributed by atoms with Gasteiger partial charge in [0.2, 0.25) is 0 Å². The van der Waals surface area contributed by atoms with Gasteiger partial charge < -0.3 is 0 Å². The van der Waals surface area contributed by atoms with E-state index < -0.39 is 0 Å². The van der Waals surface area contributed by atoms with Crippen molar-refractivity contribution in [2.24, 2.45) is 29.6 Å². The molecule has 0 spiro atoms. The molecule has 2 aliphatic carbocycles. The Hall–Kier alpha value is -0.780. The van der Waals surface area contributed by atoms with Gasteiger partial charge >= 0.3 is 0 Å². The second-order valence-electron chi connectivity index (χ2n) is 6.51. The van der Waals surface area contributed by atoms with Crippen molar-refractivity contribution in [1.82, 2.24) is 0 Å². The van der Waals surface area contributed by atoms with E-state index in [0.717, 1.165) is 35.5 Å². The zero-order valence-corrected chi connectivity index (χ0v) is 11.3. The smallest absolute Gasteiger partial charge is 0.0159 e. The maximum atomic E-state index is 2.50. The number of hydrogen-bond donors (Lipinski definition) is 0. The Bertz CT molecular complexity index is 380. The standard InChI is InChI=1S/C17H24/c1-11-9-15-10-16(17(11)13(15)3)12(2)14-7-5-4-6-8-14/h4-8,11-13,15-17H,9-10H2,1-3H3/t11?,12-,13+,15?,16+,17?/m0/s1. The van der Waals surface area contributed by atoms with E-state index >= 15 is 0 Å². The van der Waals surface area contributed by atoms with Gasteiger partial charge in [-0.15, -0.1) is 0 Å². The minimum atomic E-state index is 0.747. The van der Waals surface area contributed by atoms with Gasteiger partial charge in [-0.25, -0.2) is 0 Å². The van der Waals surface area contributed by atoms with Crippen LogP contribution in [0.4, 0.5) is 0 Å². The third-order valence-corrected chi connectivity index (χ3v) is 5.72. The van der Waals surface area contributed by atoms with Crippen LogP contribution in [0.15, 0.2) is 30.3 Å². The Morgan fingerprint density at radius 2 is 1.76 bits per heavy atom. The summed E-state index contributed by atoms with van der Waals surface area (Å²) in [6.07, 6.45) is 2.97. The summed E-state index contributed by atoms with van der Waals surface area (Å²) in [4.78, 5) is 0. The molecule has 0 N–H and O–H groups in total. The molecule has 6 atom stereocenters. The molecule has 2 bridgehead atoms. The normalized spacial score (nSPS) is 41.7. The molecule has 3 unspecified atom stereocenters. The second kappa shape index (κ2) is 4.15. The largest absolute Gasteiger partial charge is 0.0622 e. The summed E-state index contributed by atoms with van der Waals surface area (Å²) in [5, 5.41) is 0. The third-order valence-electron chi connectivity index (χ3n) is 5.72. The summed E-state index contributed by atoms with van der Waals surface area (Å²) in [6, 6.07) is 11.1. The van der Waals surface area contributed by atoms with Gasteiger partial charge in [0.1, 0.15) is 0 Å². The molecule has 3 rings (SSSR count). The van der Waals surface area contributed by atoms with E-state index in [4.69, 9.17) is 0 Å². The fourth-order valence-electron chi connectivity index (χ4n) is 4.85. The molecule has 0 amide bonds. The van der Waals surface area contributed by atoms with E-state index in [2.05, 4.69) is 51.1 Å². The minimum Gasteiger partial charge on any atom is -0.0622 e. The number of benzene rings is 1.